The van der Waals surface area contributed by atoms with E-state index in [4.69, 9.17) is 4.42 Å². The zero-order valence-electron chi connectivity index (χ0n) is 12.1. The molecular weight excluding hydrogens is 250 g/mol. The van der Waals surface area contributed by atoms with E-state index < -0.39 is 0 Å². The van der Waals surface area contributed by atoms with Gasteiger partial charge in [-0.15, -0.1) is 0 Å². The summed E-state index contributed by atoms with van der Waals surface area (Å²) in [6.45, 7) is 5.35. The zero-order valence-corrected chi connectivity index (χ0v) is 12.1. The fourth-order valence-electron chi connectivity index (χ4n) is 2.89. The number of nitrogens with zero attached hydrogens (tertiary/aromatic N) is 2. The third-order valence-electron chi connectivity index (χ3n) is 3.96. The predicted molar refractivity (Wildman–Crippen MR) is 82.2 cm³/mol. The lowest BCUT2D eigenvalue weighted by Crippen LogP contribution is -2.46. The van der Waals surface area contributed by atoms with E-state index >= 15 is 0 Å². The van der Waals surface area contributed by atoms with Crippen molar-refractivity contribution < 1.29 is 4.42 Å². The number of nitrogens with one attached hydrogen (secondary N) is 1. The Kier molecular flexibility index (Phi) is 4.21. The van der Waals surface area contributed by atoms with Crippen LogP contribution in [0.2, 0.25) is 0 Å². The summed E-state index contributed by atoms with van der Waals surface area (Å²) < 4.78 is 5.93. The van der Waals surface area contributed by atoms with Gasteiger partial charge in [0.15, 0.2) is 5.58 Å². The number of fused-ring (bicyclic) bond motifs is 1. The van der Waals surface area contributed by atoms with E-state index in [1.807, 2.05) is 24.3 Å². The van der Waals surface area contributed by atoms with Crippen molar-refractivity contribution in [3.63, 3.8) is 0 Å². The Balaban J connectivity index is 1.77. The van der Waals surface area contributed by atoms with Crippen LogP contribution in [0.25, 0.3) is 11.1 Å². The zero-order chi connectivity index (χ0) is 13.8. The average Bonchev–Trinajstić information content (AvgIpc) is 2.92. The fourth-order valence-corrected chi connectivity index (χ4v) is 2.89. The van der Waals surface area contributed by atoms with Gasteiger partial charge in [0.05, 0.1) is 0 Å². The van der Waals surface area contributed by atoms with Gasteiger partial charge in [0.25, 0.3) is 6.01 Å². The molecule has 0 radical (unpaired) electrons. The molecule has 1 saturated heterocycles. The van der Waals surface area contributed by atoms with E-state index in [0.29, 0.717) is 6.04 Å². The van der Waals surface area contributed by atoms with Crippen LogP contribution in [0.5, 0.6) is 0 Å². The number of benzene rings is 1. The lowest BCUT2D eigenvalue weighted by atomic mass is 10.0. The van der Waals surface area contributed by atoms with Crippen LogP contribution in [-0.2, 0) is 0 Å². The molecule has 20 heavy (non-hydrogen) atoms. The number of oxazole rings is 1. The Morgan fingerprint density at radius 2 is 2.25 bits per heavy atom. The molecule has 2 heterocycles. The molecule has 0 amide bonds. The highest BCUT2D eigenvalue weighted by Gasteiger charge is 2.25. The summed E-state index contributed by atoms with van der Waals surface area (Å²) in [7, 11) is 0. The van der Waals surface area contributed by atoms with Gasteiger partial charge in [-0.2, -0.15) is 4.98 Å². The SMILES string of the molecule is CCCNCC1CCCCN1c1nc2ccccc2o1. The first kappa shape index (κ1) is 13.4. The molecule has 1 unspecified atom stereocenters. The Morgan fingerprint density at radius 3 is 3.10 bits per heavy atom. The van der Waals surface area contributed by atoms with Gasteiger partial charge in [0.1, 0.15) is 5.52 Å². The van der Waals surface area contributed by atoms with Crippen molar-refractivity contribution >= 4 is 17.1 Å². The van der Waals surface area contributed by atoms with E-state index in [2.05, 4.69) is 22.1 Å². The summed E-state index contributed by atoms with van der Waals surface area (Å²) in [5.41, 5.74) is 1.83. The maximum absolute atomic E-state index is 5.93. The molecule has 0 spiro atoms. The molecule has 1 atom stereocenters. The van der Waals surface area contributed by atoms with Gasteiger partial charge in [-0.3, -0.25) is 0 Å². The first-order chi connectivity index (χ1) is 9.88. The molecule has 0 aliphatic carbocycles. The minimum Gasteiger partial charge on any atom is -0.423 e. The Bertz CT molecular complexity index is 518. The minimum absolute atomic E-state index is 0.503. The quantitative estimate of drug-likeness (QED) is 0.849. The van der Waals surface area contributed by atoms with E-state index in [-0.39, 0.29) is 0 Å². The van der Waals surface area contributed by atoms with Crippen LogP contribution in [-0.4, -0.2) is 30.7 Å². The molecular formula is C16H23N3O. The summed E-state index contributed by atoms with van der Waals surface area (Å²) in [5.74, 6) is 0. The number of hydrogen-bond acceptors (Lipinski definition) is 4. The van der Waals surface area contributed by atoms with Gasteiger partial charge >= 0.3 is 0 Å². The number of anilines is 1. The van der Waals surface area contributed by atoms with Crippen molar-refractivity contribution in [1.82, 2.24) is 10.3 Å². The van der Waals surface area contributed by atoms with Gasteiger partial charge < -0.3 is 14.6 Å². The van der Waals surface area contributed by atoms with Crippen LogP contribution >= 0.6 is 0 Å². The normalized spacial score (nSPS) is 19.6. The van der Waals surface area contributed by atoms with Gasteiger partial charge in [-0.05, 0) is 44.4 Å². The summed E-state index contributed by atoms with van der Waals surface area (Å²) >= 11 is 0. The maximum atomic E-state index is 5.93. The topological polar surface area (TPSA) is 41.3 Å². The van der Waals surface area contributed by atoms with Gasteiger partial charge in [-0.1, -0.05) is 19.1 Å². The summed E-state index contributed by atoms with van der Waals surface area (Å²) in [6.07, 6.45) is 4.92. The molecule has 3 rings (SSSR count). The Hall–Kier alpha value is -1.55. The lowest BCUT2D eigenvalue weighted by Gasteiger charge is -2.34. The highest BCUT2D eigenvalue weighted by Crippen LogP contribution is 2.27. The second-order valence-electron chi connectivity index (χ2n) is 5.51. The van der Waals surface area contributed by atoms with E-state index in [9.17, 15) is 0 Å². The van der Waals surface area contributed by atoms with Crippen molar-refractivity contribution in [3.8, 4) is 0 Å². The number of piperidine rings is 1. The lowest BCUT2D eigenvalue weighted by molar-refractivity contribution is 0.407. The van der Waals surface area contributed by atoms with Crippen LogP contribution in [0.1, 0.15) is 32.6 Å². The van der Waals surface area contributed by atoms with Crippen LogP contribution < -0.4 is 10.2 Å². The van der Waals surface area contributed by atoms with E-state index in [0.717, 1.165) is 36.7 Å². The molecule has 4 heteroatoms. The molecule has 1 N–H and O–H groups in total. The Morgan fingerprint density at radius 1 is 1.35 bits per heavy atom. The smallest absolute Gasteiger partial charge is 0.298 e. The van der Waals surface area contributed by atoms with Crippen LogP contribution in [0.4, 0.5) is 6.01 Å². The molecule has 1 aromatic carbocycles. The number of hydrogen-bond donors (Lipinski definition) is 1. The van der Waals surface area contributed by atoms with Crippen molar-refractivity contribution in [2.75, 3.05) is 24.5 Å². The molecule has 0 saturated carbocycles. The first-order valence-corrected chi connectivity index (χ1v) is 7.71. The first-order valence-electron chi connectivity index (χ1n) is 7.71. The number of rotatable bonds is 5. The number of para-hydroxylation sites is 2. The number of aromatic nitrogens is 1. The third-order valence-corrected chi connectivity index (χ3v) is 3.96. The average molecular weight is 273 g/mol. The van der Waals surface area contributed by atoms with Gasteiger partial charge in [-0.25, -0.2) is 0 Å². The monoisotopic (exact) mass is 273 g/mol. The Labute approximate surface area is 120 Å². The van der Waals surface area contributed by atoms with E-state index in [1.165, 1.54) is 25.7 Å². The van der Waals surface area contributed by atoms with Crippen molar-refractivity contribution in [2.45, 2.75) is 38.6 Å². The maximum Gasteiger partial charge on any atom is 0.298 e. The van der Waals surface area contributed by atoms with Crippen molar-refractivity contribution in [2.24, 2.45) is 0 Å². The summed E-state index contributed by atoms with van der Waals surface area (Å²) in [4.78, 5) is 6.99. The molecule has 4 nitrogen and oxygen atoms in total. The van der Waals surface area contributed by atoms with E-state index in [1.54, 1.807) is 0 Å². The fraction of sp³-hybridized carbons (Fsp3) is 0.562. The summed E-state index contributed by atoms with van der Waals surface area (Å²) in [6, 6.07) is 9.29. The standard InChI is InChI=1S/C16H23N3O/c1-2-10-17-12-13-7-5-6-11-19(13)16-18-14-8-3-4-9-15(14)20-16/h3-4,8-9,13,17H,2,5-7,10-12H2,1H3. The third kappa shape index (κ3) is 2.80. The highest BCUT2D eigenvalue weighted by molar-refractivity contribution is 5.74. The molecule has 1 aliphatic rings. The largest absolute Gasteiger partial charge is 0.423 e. The van der Waals surface area contributed by atoms with Crippen LogP contribution in [0.15, 0.2) is 28.7 Å². The molecule has 108 valence electrons. The minimum atomic E-state index is 0.503. The molecule has 0 bridgehead atoms. The van der Waals surface area contributed by atoms with Gasteiger partial charge in [0.2, 0.25) is 0 Å². The summed E-state index contributed by atoms with van der Waals surface area (Å²) in [5, 5.41) is 3.53. The van der Waals surface area contributed by atoms with Crippen LogP contribution in [0, 0.1) is 0 Å². The highest BCUT2D eigenvalue weighted by atomic mass is 16.4. The molecule has 1 aliphatic heterocycles. The van der Waals surface area contributed by atoms with Gasteiger partial charge in [0, 0.05) is 19.1 Å². The molecule has 2 aromatic rings. The predicted octanol–water partition coefficient (Wildman–Crippen LogP) is 3.19. The van der Waals surface area contributed by atoms with Crippen molar-refractivity contribution in [3.05, 3.63) is 24.3 Å². The second kappa shape index (κ2) is 6.27. The molecule has 1 fully saturated rings. The second-order valence-corrected chi connectivity index (χ2v) is 5.51. The molecule has 1 aromatic heterocycles. The van der Waals surface area contributed by atoms with Crippen molar-refractivity contribution in [1.29, 1.82) is 0 Å². The van der Waals surface area contributed by atoms with Crippen LogP contribution in [0.3, 0.4) is 0 Å².